The third kappa shape index (κ3) is 3.91. The van der Waals surface area contributed by atoms with Gasteiger partial charge in [-0.25, -0.2) is 0 Å². The van der Waals surface area contributed by atoms with Crippen molar-refractivity contribution in [3.05, 3.63) is 52.2 Å². The van der Waals surface area contributed by atoms with Crippen molar-refractivity contribution in [2.24, 2.45) is 0 Å². The summed E-state index contributed by atoms with van der Waals surface area (Å²) in [5, 5.41) is 8.95. The Hall–Kier alpha value is -0.770. The van der Waals surface area contributed by atoms with E-state index >= 15 is 0 Å². The van der Waals surface area contributed by atoms with Crippen LogP contribution in [-0.4, -0.2) is 17.8 Å². The number of hydrogen-bond acceptors (Lipinski definition) is 3. The number of fused-ring (bicyclic) bond motifs is 1. The first-order chi connectivity index (χ1) is 10.4. The third-order valence-electron chi connectivity index (χ3n) is 4.10. The highest BCUT2D eigenvalue weighted by atomic mass is 32.2. The molecule has 3 heteroatoms. The van der Waals surface area contributed by atoms with E-state index in [0.717, 1.165) is 6.54 Å². The summed E-state index contributed by atoms with van der Waals surface area (Å²) in [5.41, 5.74) is 3.02. The summed E-state index contributed by atoms with van der Waals surface area (Å²) in [6.07, 6.45) is 4.85. The van der Waals surface area contributed by atoms with Gasteiger partial charge >= 0.3 is 0 Å². The lowest BCUT2D eigenvalue weighted by molar-refractivity contribution is 0.466. The Kier molecular flexibility index (Phi) is 5.39. The number of benzene rings is 1. The molecule has 1 nitrogen and oxygen atoms in total. The Bertz CT molecular complexity index is 525. The summed E-state index contributed by atoms with van der Waals surface area (Å²) >= 11 is 3.88. The summed E-state index contributed by atoms with van der Waals surface area (Å²) in [7, 11) is 0. The maximum atomic E-state index is 3.79. The Labute approximate surface area is 136 Å². The van der Waals surface area contributed by atoms with Crippen molar-refractivity contribution in [2.75, 3.05) is 6.54 Å². The van der Waals surface area contributed by atoms with Gasteiger partial charge in [0.1, 0.15) is 0 Å². The van der Waals surface area contributed by atoms with Crippen LogP contribution >= 0.6 is 23.1 Å². The zero-order valence-corrected chi connectivity index (χ0v) is 14.2. The predicted molar refractivity (Wildman–Crippen MR) is 94.5 cm³/mol. The SMILES string of the molecule is CCCNC(CCc1ccsc1)C1Cc2ccccc2S1. The Morgan fingerprint density at radius 3 is 2.95 bits per heavy atom. The lowest BCUT2D eigenvalue weighted by Crippen LogP contribution is -2.39. The molecule has 0 saturated heterocycles. The topological polar surface area (TPSA) is 12.0 Å². The minimum atomic E-state index is 0.613. The fourth-order valence-electron chi connectivity index (χ4n) is 2.94. The van der Waals surface area contributed by atoms with Crippen molar-refractivity contribution >= 4 is 23.1 Å². The standard InChI is InChI=1S/C18H23NS2/c1-2-10-19-16(8-7-14-9-11-20-13-14)18-12-15-5-3-4-6-17(15)21-18/h3-6,9,11,13,16,18-19H,2,7-8,10,12H2,1H3. The summed E-state index contributed by atoms with van der Waals surface area (Å²) in [6, 6.07) is 11.8. The van der Waals surface area contributed by atoms with Gasteiger partial charge in [-0.3, -0.25) is 0 Å². The number of thiophene rings is 1. The van der Waals surface area contributed by atoms with Gasteiger partial charge in [0.15, 0.2) is 0 Å². The van der Waals surface area contributed by atoms with E-state index in [0.29, 0.717) is 11.3 Å². The van der Waals surface area contributed by atoms with Gasteiger partial charge in [0.2, 0.25) is 0 Å². The second kappa shape index (κ2) is 7.48. The van der Waals surface area contributed by atoms with E-state index in [2.05, 4.69) is 65.1 Å². The van der Waals surface area contributed by atoms with Gasteiger partial charge in [0.25, 0.3) is 0 Å². The molecule has 1 aliphatic heterocycles. The number of aryl methyl sites for hydroxylation is 1. The number of rotatable bonds is 7. The molecule has 0 amide bonds. The van der Waals surface area contributed by atoms with Crippen LogP contribution in [0, 0.1) is 0 Å². The molecule has 0 bridgehead atoms. The van der Waals surface area contributed by atoms with Crippen LogP contribution in [0.1, 0.15) is 30.9 Å². The molecule has 3 rings (SSSR count). The molecule has 21 heavy (non-hydrogen) atoms. The molecule has 0 aliphatic carbocycles. The van der Waals surface area contributed by atoms with Crippen molar-refractivity contribution in [3.63, 3.8) is 0 Å². The number of thioether (sulfide) groups is 1. The summed E-state index contributed by atoms with van der Waals surface area (Å²) in [4.78, 5) is 1.49. The molecule has 2 unspecified atom stereocenters. The van der Waals surface area contributed by atoms with Gasteiger partial charge in [-0.2, -0.15) is 11.3 Å². The van der Waals surface area contributed by atoms with Crippen LogP contribution in [0.4, 0.5) is 0 Å². The molecule has 0 radical (unpaired) electrons. The average Bonchev–Trinajstić information content (AvgIpc) is 3.16. The maximum Gasteiger partial charge on any atom is 0.0289 e. The monoisotopic (exact) mass is 317 g/mol. The second-order valence-corrected chi connectivity index (χ2v) is 7.76. The van der Waals surface area contributed by atoms with E-state index in [9.17, 15) is 0 Å². The van der Waals surface area contributed by atoms with Crippen LogP contribution in [0.25, 0.3) is 0 Å². The lowest BCUT2D eigenvalue weighted by Gasteiger charge is -2.24. The molecular formula is C18H23NS2. The maximum absolute atomic E-state index is 3.79. The van der Waals surface area contributed by atoms with Gasteiger partial charge in [-0.1, -0.05) is 25.1 Å². The Balaban J connectivity index is 1.62. The third-order valence-corrected chi connectivity index (χ3v) is 6.28. The van der Waals surface area contributed by atoms with Gasteiger partial charge in [0, 0.05) is 16.2 Å². The molecule has 0 fully saturated rings. The van der Waals surface area contributed by atoms with Gasteiger partial charge in [-0.15, -0.1) is 11.8 Å². The van der Waals surface area contributed by atoms with Gasteiger partial charge < -0.3 is 5.32 Å². The van der Waals surface area contributed by atoms with Crippen LogP contribution in [0.5, 0.6) is 0 Å². The molecule has 2 heterocycles. The molecule has 112 valence electrons. The van der Waals surface area contributed by atoms with Gasteiger partial charge in [-0.05, 0) is 66.2 Å². The van der Waals surface area contributed by atoms with Gasteiger partial charge in [0.05, 0.1) is 0 Å². The van der Waals surface area contributed by atoms with Crippen LogP contribution in [0.2, 0.25) is 0 Å². The van der Waals surface area contributed by atoms with Crippen molar-refractivity contribution in [1.82, 2.24) is 5.32 Å². The zero-order chi connectivity index (χ0) is 14.5. The fourth-order valence-corrected chi connectivity index (χ4v) is 5.09. The minimum Gasteiger partial charge on any atom is -0.313 e. The van der Waals surface area contributed by atoms with Crippen LogP contribution < -0.4 is 5.32 Å². The van der Waals surface area contributed by atoms with Crippen molar-refractivity contribution < 1.29 is 0 Å². The van der Waals surface area contributed by atoms with E-state index < -0.39 is 0 Å². The molecule has 1 aliphatic rings. The van der Waals surface area contributed by atoms with E-state index in [1.165, 1.54) is 41.7 Å². The molecule has 2 aromatic rings. The van der Waals surface area contributed by atoms with E-state index in [1.54, 1.807) is 11.3 Å². The second-order valence-electron chi connectivity index (χ2n) is 5.70. The van der Waals surface area contributed by atoms with Crippen molar-refractivity contribution in [3.8, 4) is 0 Å². The highest BCUT2D eigenvalue weighted by molar-refractivity contribution is 8.00. The average molecular weight is 318 g/mol. The quantitative estimate of drug-likeness (QED) is 0.790. The molecule has 0 spiro atoms. The highest BCUT2D eigenvalue weighted by Crippen LogP contribution is 2.39. The lowest BCUT2D eigenvalue weighted by atomic mass is 9.99. The number of hydrogen-bond donors (Lipinski definition) is 1. The zero-order valence-electron chi connectivity index (χ0n) is 12.5. The van der Waals surface area contributed by atoms with Crippen LogP contribution in [0.3, 0.4) is 0 Å². The van der Waals surface area contributed by atoms with Crippen LogP contribution in [0.15, 0.2) is 46.0 Å². The molecule has 1 N–H and O–H groups in total. The van der Waals surface area contributed by atoms with Crippen LogP contribution in [-0.2, 0) is 12.8 Å². The largest absolute Gasteiger partial charge is 0.313 e. The predicted octanol–water partition coefficient (Wildman–Crippen LogP) is 4.77. The highest BCUT2D eigenvalue weighted by Gasteiger charge is 2.28. The fraction of sp³-hybridized carbons (Fsp3) is 0.444. The Morgan fingerprint density at radius 1 is 1.29 bits per heavy atom. The summed E-state index contributed by atoms with van der Waals surface area (Å²) < 4.78 is 0. The van der Waals surface area contributed by atoms with E-state index in [4.69, 9.17) is 0 Å². The molecule has 0 saturated carbocycles. The van der Waals surface area contributed by atoms with Crippen molar-refractivity contribution in [2.45, 2.75) is 48.8 Å². The first-order valence-corrected chi connectivity index (χ1v) is 9.68. The normalized spacial score (nSPS) is 18.6. The first-order valence-electron chi connectivity index (χ1n) is 7.86. The minimum absolute atomic E-state index is 0.613. The molecule has 1 aromatic carbocycles. The Morgan fingerprint density at radius 2 is 2.19 bits per heavy atom. The van der Waals surface area contributed by atoms with E-state index in [1.807, 2.05) is 0 Å². The molecule has 2 atom stereocenters. The summed E-state index contributed by atoms with van der Waals surface area (Å²) in [6.45, 7) is 3.38. The summed E-state index contributed by atoms with van der Waals surface area (Å²) in [5.74, 6) is 0. The first kappa shape index (κ1) is 15.1. The number of nitrogens with one attached hydrogen (secondary N) is 1. The van der Waals surface area contributed by atoms with Crippen molar-refractivity contribution in [1.29, 1.82) is 0 Å². The molecular weight excluding hydrogens is 294 g/mol. The van der Waals surface area contributed by atoms with E-state index in [-0.39, 0.29) is 0 Å². The smallest absolute Gasteiger partial charge is 0.0289 e. The molecule has 1 aromatic heterocycles.